The highest BCUT2D eigenvalue weighted by Crippen LogP contribution is 2.35. The van der Waals surface area contributed by atoms with E-state index in [1.54, 1.807) is 12.1 Å². The van der Waals surface area contributed by atoms with Crippen LogP contribution in [-0.4, -0.2) is 49.4 Å². The molecule has 4 aromatic rings. The van der Waals surface area contributed by atoms with Gasteiger partial charge in [-0.2, -0.15) is 13.2 Å². The van der Waals surface area contributed by atoms with Gasteiger partial charge in [-0.3, -0.25) is 0 Å². The molecule has 8 nitrogen and oxygen atoms in total. The zero-order valence-corrected chi connectivity index (χ0v) is 24.3. The Morgan fingerprint density at radius 2 is 1.34 bits per heavy atom. The largest absolute Gasteiger partial charge is 0.419 e. The Morgan fingerprint density at radius 3 is 1.84 bits per heavy atom. The van der Waals surface area contributed by atoms with E-state index in [-0.39, 0.29) is 23.2 Å². The fraction of sp³-hybridized carbons (Fsp3) is 0.290. The van der Waals surface area contributed by atoms with Gasteiger partial charge in [0, 0.05) is 49.8 Å². The lowest BCUT2D eigenvalue weighted by Crippen LogP contribution is -2.33. The number of nitrogens with one attached hydrogen (secondary N) is 4. The number of hydrogen-bond donors (Lipinski definition) is 4. The van der Waals surface area contributed by atoms with E-state index in [0.717, 1.165) is 55.7 Å². The van der Waals surface area contributed by atoms with Gasteiger partial charge in [0.25, 0.3) is 0 Å². The first-order chi connectivity index (χ1) is 21.3. The molecule has 0 spiro atoms. The third-order valence-electron chi connectivity index (χ3n) is 6.88. The number of anilines is 4. The number of alkyl halides is 3. The minimum atomic E-state index is -4.45. The summed E-state index contributed by atoms with van der Waals surface area (Å²) in [6.45, 7) is 4.64. The average Bonchev–Trinajstić information content (AvgIpc) is 3.04. The second-order valence-corrected chi connectivity index (χ2v) is 10.4. The van der Waals surface area contributed by atoms with E-state index in [2.05, 4.69) is 31.2 Å². The summed E-state index contributed by atoms with van der Waals surface area (Å²) in [6.07, 6.45) is -1.57. The highest BCUT2D eigenvalue weighted by Gasteiger charge is 2.34. The number of pyridine rings is 2. The van der Waals surface area contributed by atoms with Crippen molar-refractivity contribution in [2.45, 2.75) is 18.4 Å². The summed E-state index contributed by atoms with van der Waals surface area (Å²) >= 11 is 5.56. The molecule has 2 aliphatic heterocycles. The van der Waals surface area contributed by atoms with E-state index in [1.807, 2.05) is 36.4 Å². The quantitative estimate of drug-likeness (QED) is 0.137. The molecule has 2 saturated heterocycles. The second kappa shape index (κ2) is 14.8. The lowest BCUT2D eigenvalue weighted by Gasteiger charge is -2.24. The van der Waals surface area contributed by atoms with E-state index >= 15 is 0 Å². The molecule has 0 radical (unpaired) electrons. The van der Waals surface area contributed by atoms with Crippen molar-refractivity contribution in [2.24, 2.45) is 0 Å². The number of halogens is 5. The van der Waals surface area contributed by atoms with Gasteiger partial charge in [0.2, 0.25) is 0 Å². The third kappa shape index (κ3) is 8.64. The number of rotatable bonds is 6. The summed E-state index contributed by atoms with van der Waals surface area (Å²) < 4.78 is 63.5. The van der Waals surface area contributed by atoms with Crippen LogP contribution in [0.15, 0.2) is 79.1 Å². The summed E-state index contributed by atoms with van der Waals surface area (Å²) in [5.74, 6) is -0.747. The molecule has 2 atom stereocenters. The van der Waals surface area contributed by atoms with Crippen molar-refractivity contribution in [1.29, 1.82) is 0 Å². The molecule has 13 heteroatoms. The maximum atomic E-state index is 13.3. The van der Waals surface area contributed by atoms with Crippen LogP contribution < -0.4 is 21.3 Å². The zero-order chi connectivity index (χ0) is 30.9. The van der Waals surface area contributed by atoms with Crippen LogP contribution >= 0.6 is 11.6 Å². The molecular formula is C31H31ClF4N6O2. The summed E-state index contributed by atoms with van der Waals surface area (Å²) in [5.41, 5.74) is 3.27. The van der Waals surface area contributed by atoms with Gasteiger partial charge in [-0.05, 0) is 47.5 Å². The van der Waals surface area contributed by atoms with Gasteiger partial charge in [-0.15, -0.1) is 0 Å². The molecule has 4 heterocycles. The van der Waals surface area contributed by atoms with Crippen molar-refractivity contribution < 1.29 is 27.0 Å². The van der Waals surface area contributed by atoms with Crippen LogP contribution in [0.25, 0.3) is 0 Å². The Kier molecular flexibility index (Phi) is 10.6. The topological polar surface area (TPSA) is 92.4 Å². The standard InChI is InChI=1S/C16H16F3N3O.C15H15ClFN3O/c17-16(18,19)13-2-1-7-21-15(13)22-12-5-3-11(4-6-12)14-10-20-8-9-23-14;16-15-13(17)7-12(8-19-15)20-11-3-1-10(2-4-11)14-9-18-5-6-21-14/h1-7,14,20H,8-10H2,(H,21,22);1-4,7-8,14,18,20H,5-6,9H2/t2*14-/m11/s1. The highest BCUT2D eigenvalue weighted by molar-refractivity contribution is 6.29. The number of benzene rings is 2. The molecule has 0 unspecified atom stereocenters. The Labute approximate surface area is 257 Å². The first kappa shape index (κ1) is 31.6. The van der Waals surface area contributed by atoms with Gasteiger partial charge in [0.15, 0.2) is 11.0 Å². The van der Waals surface area contributed by atoms with Crippen LogP contribution in [0.1, 0.15) is 28.9 Å². The molecule has 2 aromatic carbocycles. The van der Waals surface area contributed by atoms with Crippen molar-refractivity contribution >= 4 is 34.5 Å². The van der Waals surface area contributed by atoms with Crippen molar-refractivity contribution in [3.05, 3.63) is 107 Å². The molecule has 44 heavy (non-hydrogen) atoms. The van der Waals surface area contributed by atoms with Gasteiger partial charge in [-0.25, -0.2) is 14.4 Å². The van der Waals surface area contributed by atoms with Gasteiger partial charge in [0.1, 0.15) is 5.82 Å². The first-order valence-corrected chi connectivity index (χ1v) is 14.4. The summed E-state index contributed by atoms with van der Waals surface area (Å²) in [4.78, 5) is 7.55. The minimum Gasteiger partial charge on any atom is -0.371 e. The normalized spacial score (nSPS) is 18.6. The van der Waals surface area contributed by atoms with Crippen LogP contribution in [0.4, 0.5) is 40.4 Å². The van der Waals surface area contributed by atoms with Gasteiger partial charge in [0.05, 0.1) is 42.9 Å². The zero-order valence-electron chi connectivity index (χ0n) is 23.5. The highest BCUT2D eigenvalue weighted by atomic mass is 35.5. The molecule has 4 N–H and O–H groups in total. The predicted molar refractivity (Wildman–Crippen MR) is 161 cm³/mol. The molecule has 0 amide bonds. The first-order valence-electron chi connectivity index (χ1n) is 14.0. The molecular weight excluding hydrogens is 600 g/mol. The van der Waals surface area contributed by atoms with Crippen molar-refractivity contribution in [3.63, 3.8) is 0 Å². The molecule has 6 rings (SSSR count). The Bertz CT molecular complexity index is 1500. The smallest absolute Gasteiger partial charge is 0.371 e. The number of aromatic nitrogens is 2. The van der Waals surface area contributed by atoms with E-state index in [1.165, 1.54) is 24.5 Å². The fourth-order valence-electron chi connectivity index (χ4n) is 4.65. The van der Waals surface area contributed by atoms with Gasteiger partial charge >= 0.3 is 6.18 Å². The summed E-state index contributed by atoms with van der Waals surface area (Å²) in [5, 5.41) is 12.2. The number of nitrogens with zero attached hydrogens (tertiary/aromatic N) is 2. The van der Waals surface area contributed by atoms with E-state index < -0.39 is 17.6 Å². The van der Waals surface area contributed by atoms with Crippen LogP contribution in [0.3, 0.4) is 0 Å². The van der Waals surface area contributed by atoms with Crippen molar-refractivity contribution in [2.75, 3.05) is 50.0 Å². The molecule has 232 valence electrons. The van der Waals surface area contributed by atoms with Crippen LogP contribution in [0, 0.1) is 5.82 Å². The molecule has 2 fully saturated rings. The Balaban J connectivity index is 0.000000175. The molecule has 0 aliphatic carbocycles. The monoisotopic (exact) mass is 630 g/mol. The maximum Gasteiger partial charge on any atom is 0.419 e. The van der Waals surface area contributed by atoms with Crippen LogP contribution in [-0.2, 0) is 15.7 Å². The molecule has 0 bridgehead atoms. The Morgan fingerprint density at radius 1 is 0.773 bits per heavy atom. The van der Waals surface area contributed by atoms with E-state index in [0.29, 0.717) is 18.0 Å². The second-order valence-electron chi connectivity index (χ2n) is 10.0. The predicted octanol–water partition coefficient (Wildman–Crippen LogP) is 6.78. The number of morpholine rings is 2. The van der Waals surface area contributed by atoms with Gasteiger partial charge < -0.3 is 30.7 Å². The number of hydrogen-bond acceptors (Lipinski definition) is 8. The van der Waals surface area contributed by atoms with Crippen LogP contribution in [0.5, 0.6) is 0 Å². The SMILES string of the molecule is FC(F)(F)c1cccnc1Nc1ccc([C@H]2CNCCO2)cc1.Fc1cc(Nc2ccc([C@H]3CNCCO3)cc2)cnc1Cl. The molecule has 2 aromatic heterocycles. The molecule has 2 aliphatic rings. The van der Waals surface area contributed by atoms with E-state index in [4.69, 9.17) is 21.1 Å². The fourth-order valence-corrected chi connectivity index (χ4v) is 4.75. The van der Waals surface area contributed by atoms with Crippen LogP contribution in [0.2, 0.25) is 5.15 Å². The average molecular weight is 631 g/mol. The lowest BCUT2D eigenvalue weighted by molar-refractivity contribution is -0.137. The third-order valence-corrected chi connectivity index (χ3v) is 7.16. The van der Waals surface area contributed by atoms with Gasteiger partial charge in [-0.1, -0.05) is 35.9 Å². The lowest BCUT2D eigenvalue weighted by atomic mass is 10.1. The minimum absolute atomic E-state index is 0.0293. The van der Waals surface area contributed by atoms with E-state index in [9.17, 15) is 17.6 Å². The van der Waals surface area contributed by atoms with Crippen molar-refractivity contribution in [1.82, 2.24) is 20.6 Å². The van der Waals surface area contributed by atoms with Crippen molar-refractivity contribution in [3.8, 4) is 0 Å². The maximum absolute atomic E-state index is 13.3. The molecule has 0 saturated carbocycles. The number of ether oxygens (including phenoxy) is 2. The Hall–Kier alpha value is -3.81. The summed E-state index contributed by atoms with van der Waals surface area (Å²) in [7, 11) is 0. The summed E-state index contributed by atoms with van der Waals surface area (Å²) in [6, 6.07) is 18.6.